The van der Waals surface area contributed by atoms with Gasteiger partial charge in [0.15, 0.2) is 11.5 Å². The third-order valence-electron chi connectivity index (χ3n) is 4.14. The molecule has 0 radical (unpaired) electrons. The van der Waals surface area contributed by atoms with Crippen molar-refractivity contribution in [3.05, 3.63) is 59.8 Å². The van der Waals surface area contributed by atoms with E-state index in [4.69, 9.17) is 14.7 Å². The second kappa shape index (κ2) is 6.21. The summed E-state index contributed by atoms with van der Waals surface area (Å²) in [6, 6.07) is 15.1. The number of fused-ring (bicyclic) bond motifs is 2. The van der Waals surface area contributed by atoms with Crippen molar-refractivity contribution < 1.29 is 14.3 Å². The van der Waals surface area contributed by atoms with Crippen LogP contribution in [0.2, 0.25) is 0 Å². The molecule has 0 atom stereocenters. The molecule has 1 aliphatic heterocycles. The molecule has 0 saturated heterocycles. The molecule has 4 rings (SSSR count). The molecule has 1 aromatic heterocycles. The van der Waals surface area contributed by atoms with Gasteiger partial charge in [-0.15, -0.1) is 0 Å². The van der Waals surface area contributed by atoms with E-state index in [1.165, 1.54) is 0 Å². The lowest BCUT2D eigenvalue weighted by Crippen LogP contribution is -2.26. The van der Waals surface area contributed by atoms with Crippen LogP contribution in [0.1, 0.15) is 11.1 Å². The number of rotatable bonds is 4. The standard InChI is InChI=1S/C19H15N3O3/c20-9-13-1-3-15-5-6-22(16(15)7-13)11-19(23)21-10-14-2-4-17-18(8-14)25-12-24-17/h1-8H,10-12H2,(H,21,23). The van der Waals surface area contributed by atoms with E-state index < -0.39 is 0 Å². The first-order chi connectivity index (χ1) is 12.2. The van der Waals surface area contributed by atoms with Gasteiger partial charge in [0, 0.05) is 18.3 Å². The smallest absolute Gasteiger partial charge is 0.240 e. The highest BCUT2D eigenvalue weighted by molar-refractivity contribution is 5.84. The summed E-state index contributed by atoms with van der Waals surface area (Å²) in [5, 5.41) is 12.9. The number of ether oxygens (including phenoxy) is 2. The van der Waals surface area contributed by atoms with Crippen molar-refractivity contribution in [3.8, 4) is 17.6 Å². The van der Waals surface area contributed by atoms with Gasteiger partial charge in [-0.1, -0.05) is 12.1 Å². The zero-order chi connectivity index (χ0) is 17.2. The molecule has 0 saturated carbocycles. The number of amides is 1. The second-order valence-electron chi connectivity index (χ2n) is 5.79. The van der Waals surface area contributed by atoms with Crippen LogP contribution in [0.5, 0.6) is 11.5 Å². The molecule has 3 aromatic rings. The Balaban J connectivity index is 1.43. The van der Waals surface area contributed by atoms with Gasteiger partial charge in [0.25, 0.3) is 0 Å². The Morgan fingerprint density at radius 3 is 2.92 bits per heavy atom. The molecule has 0 fully saturated rings. The van der Waals surface area contributed by atoms with E-state index in [-0.39, 0.29) is 19.2 Å². The van der Waals surface area contributed by atoms with Gasteiger partial charge in [0.2, 0.25) is 12.7 Å². The molecule has 0 bridgehead atoms. The Morgan fingerprint density at radius 2 is 2.04 bits per heavy atom. The van der Waals surface area contributed by atoms with Gasteiger partial charge >= 0.3 is 0 Å². The minimum atomic E-state index is -0.0995. The number of aromatic nitrogens is 1. The number of nitrogens with zero attached hydrogens (tertiary/aromatic N) is 2. The molecular weight excluding hydrogens is 318 g/mol. The van der Waals surface area contributed by atoms with Crippen molar-refractivity contribution in [1.82, 2.24) is 9.88 Å². The monoisotopic (exact) mass is 333 g/mol. The van der Waals surface area contributed by atoms with Crippen LogP contribution in [0.3, 0.4) is 0 Å². The highest BCUT2D eigenvalue weighted by Crippen LogP contribution is 2.32. The van der Waals surface area contributed by atoms with Crippen LogP contribution in [-0.2, 0) is 17.9 Å². The van der Waals surface area contributed by atoms with E-state index in [0.717, 1.165) is 22.2 Å². The minimum absolute atomic E-state index is 0.0995. The number of carbonyl (C=O) groups excluding carboxylic acids is 1. The molecule has 1 amide bonds. The van der Waals surface area contributed by atoms with Crippen molar-refractivity contribution in [3.63, 3.8) is 0 Å². The van der Waals surface area contributed by atoms with Gasteiger partial charge < -0.3 is 19.4 Å². The first-order valence-corrected chi connectivity index (χ1v) is 7.87. The molecule has 2 aromatic carbocycles. The van der Waals surface area contributed by atoms with Gasteiger partial charge in [-0.3, -0.25) is 4.79 Å². The summed E-state index contributed by atoms with van der Waals surface area (Å²) in [4.78, 5) is 12.3. The Morgan fingerprint density at radius 1 is 1.16 bits per heavy atom. The van der Waals surface area contributed by atoms with Crippen molar-refractivity contribution in [2.45, 2.75) is 13.1 Å². The normalized spacial score (nSPS) is 12.1. The number of hydrogen-bond donors (Lipinski definition) is 1. The average Bonchev–Trinajstić information content (AvgIpc) is 3.26. The number of carbonyl (C=O) groups is 1. The van der Waals surface area contributed by atoms with Crippen LogP contribution in [0.25, 0.3) is 10.9 Å². The summed E-state index contributed by atoms with van der Waals surface area (Å²) < 4.78 is 12.4. The van der Waals surface area contributed by atoms with E-state index >= 15 is 0 Å². The lowest BCUT2D eigenvalue weighted by molar-refractivity contribution is -0.121. The molecule has 6 heteroatoms. The summed E-state index contributed by atoms with van der Waals surface area (Å²) in [7, 11) is 0. The molecule has 0 unspecified atom stereocenters. The lowest BCUT2D eigenvalue weighted by Gasteiger charge is -2.08. The van der Waals surface area contributed by atoms with Gasteiger partial charge in [-0.2, -0.15) is 5.26 Å². The van der Waals surface area contributed by atoms with Gasteiger partial charge in [0.1, 0.15) is 6.54 Å². The molecule has 1 aliphatic rings. The zero-order valence-electron chi connectivity index (χ0n) is 13.4. The maximum atomic E-state index is 12.3. The predicted molar refractivity (Wildman–Crippen MR) is 91.1 cm³/mol. The molecule has 1 N–H and O–H groups in total. The molecule has 0 spiro atoms. The summed E-state index contributed by atoms with van der Waals surface area (Å²) in [5.41, 5.74) is 2.40. The first kappa shape index (κ1) is 15.1. The van der Waals surface area contributed by atoms with Crippen LogP contribution >= 0.6 is 0 Å². The molecule has 25 heavy (non-hydrogen) atoms. The summed E-state index contributed by atoms with van der Waals surface area (Å²) in [5.74, 6) is 1.33. The van der Waals surface area contributed by atoms with E-state index in [1.54, 1.807) is 12.1 Å². The van der Waals surface area contributed by atoms with Gasteiger partial charge in [-0.05, 0) is 41.3 Å². The van der Waals surface area contributed by atoms with Crippen LogP contribution < -0.4 is 14.8 Å². The maximum Gasteiger partial charge on any atom is 0.240 e. The fraction of sp³-hybridized carbons (Fsp3) is 0.158. The van der Waals surface area contributed by atoms with Crippen LogP contribution in [-0.4, -0.2) is 17.3 Å². The van der Waals surface area contributed by atoms with E-state index in [9.17, 15) is 4.79 Å². The lowest BCUT2D eigenvalue weighted by atomic mass is 10.2. The highest BCUT2D eigenvalue weighted by atomic mass is 16.7. The number of nitrogens with one attached hydrogen (secondary N) is 1. The Kier molecular flexibility index (Phi) is 3.75. The quantitative estimate of drug-likeness (QED) is 0.796. The Bertz CT molecular complexity index is 1000. The first-order valence-electron chi connectivity index (χ1n) is 7.87. The molecule has 0 aliphatic carbocycles. The van der Waals surface area contributed by atoms with Crippen LogP contribution in [0.15, 0.2) is 48.7 Å². The zero-order valence-corrected chi connectivity index (χ0v) is 13.4. The average molecular weight is 333 g/mol. The van der Waals surface area contributed by atoms with Gasteiger partial charge in [-0.25, -0.2) is 0 Å². The number of benzene rings is 2. The topological polar surface area (TPSA) is 76.3 Å². The Hall–Kier alpha value is -3.46. The van der Waals surface area contributed by atoms with E-state index in [2.05, 4.69) is 11.4 Å². The molecule has 2 heterocycles. The SMILES string of the molecule is N#Cc1ccc2ccn(CC(=O)NCc3ccc4c(c3)OCO4)c2c1. The summed E-state index contributed by atoms with van der Waals surface area (Å²) in [6.07, 6.45) is 1.85. The number of hydrogen-bond acceptors (Lipinski definition) is 4. The third-order valence-corrected chi connectivity index (χ3v) is 4.14. The van der Waals surface area contributed by atoms with Crippen molar-refractivity contribution in [2.24, 2.45) is 0 Å². The molecule has 124 valence electrons. The predicted octanol–water partition coefficient (Wildman–Crippen LogP) is 2.56. The fourth-order valence-corrected chi connectivity index (χ4v) is 2.85. The van der Waals surface area contributed by atoms with Gasteiger partial charge in [0.05, 0.1) is 11.6 Å². The van der Waals surface area contributed by atoms with Crippen LogP contribution in [0, 0.1) is 11.3 Å². The third kappa shape index (κ3) is 3.00. The fourth-order valence-electron chi connectivity index (χ4n) is 2.85. The summed E-state index contributed by atoms with van der Waals surface area (Å²) >= 11 is 0. The van der Waals surface area contributed by atoms with E-state index in [0.29, 0.717) is 17.9 Å². The van der Waals surface area contributed by atoms with Crippen molar-refractivity contribution in [2.75, 3.05) is 6.79 Å². The minimum Gasteiger partial charge on any atom is -0.454 e. The van der Waals surface area contributed by atoms with Crippen LogP contribution in [0.4, 0.5) is 0 Å². The highest BCUT2D eigenvalue weighted by Gasteiger charge is 2.13. The second-order valence-corrected chi connectivity index (χ2v) is 5.79. The summed E-state index contributed by atoms with van der Waals surface area (Å²) in [6.45, 7) is 0.845. The van der Waals surface area contributed by atoms with Crippen molar-refractivity contribution in [1.29, 1.82) is 5.26 Å². The van der Waals surface area contributed by atoms with E-state index in [1.807, 2.05) is 41.1 Å². The van der Waals surface area contributed by atoms with Crippen molar-refractivity contribution >= 4 is 16.8 Å². The molecular formula is C19H15N3O3. The number of nitriles is 1. The maximum absolute atomic E-state index is 12.3. The Labute approximate surface area is 144 Å². The molecule has 6 nitrogen and oxygen atoms in total. The largest absolute Gasteiger partial charge is 0.454 e.